The predicted molar refractivity (Wildman–Crippen MR) is 75.0 cm³/mol. The molecule has 1 fully saturated rings. The van der Waals surface area contributed by atoms with Gasteiger partial charge >= 0.3 is 5.97 Å². The summed E-state index contributed by atoms with van der Waals surface area (Å²) in [7, 11) is 0. The number of amides is 1. The van der Waals surface area contributed by atoms with E-state index in [4.69, 9.17) is 21.4 Å². The minimum atomic E-state index is -0.879. The molecule has 108 valence electrons. The van der Waals surface area contributed by atoms with Gasteiger partial charge in [-0.15, -0.1) is 0 Å². The number of carboxylic acids is 1. The number of hydrogen-bond acceptors (Lipinski definition) is 3. The number of carboxylic acid groups (broad SMARTS) is 1. The lowest BCUT2D eigenvalue weighted by Gasteiger charge is -2.40. The summed E-state index contributed by atoms with van der Waals surface area (Å²) in [5.74, 6) is -1.05. The maximum Gasteiger partial charge on any atom is 0.303 e. The molecule has 1 aromatic carbocycles. The van der Waals surface area contributed by atoms with Crippen LogP contribution in [0.25, 0.3) is 0 Å². The Kier molecular flexibility index (Phi) is 4.30. The smallest absolute Gasteiger partial charge is 0.303 e. The van der Waals surface area contributed by atoms with Crippen LogP contribution in [0.5, 0.6) is 0 Å². The summed E-state index contributed by atoms with van der Waals surface area (Å²) in [6, 6.07) is 7.08. The van der Waals surface area contributed by atoms with Gasteiger partial charge in [0.2, 0.25) is 0 Å². The van der Waals surface area contributed by atoms with Crippen LogP contribution in [0, 0.1) is 0 Å². The highest BCUT2D eigenvalue weighted by Gasteiger charge is 2.37. The van der Waals surface area contributed by atoms with Crippen molar-refractivity contribution in [2.24, 2.45) is 0 Å². The van der Waals surface area contributed by atoms with Crippen molar-refractivity contribution in [3.8, 4) is 0 Å². The summed E-state index contributed by atoms with van der Waals surface area (Å²) >= 11 is 6.11. The zero-order valence-electron chi connectivity index (χ0n) is 11.1. The molecule has 1 aliphatic heterocycles. The molecule has 20 heavy (non-hydrogen) atoms. The molecule has 1 unspecified atom stereocenters. The Labute approximate surface area is 122 Å². The summed E-state index contributed by atoms with van der Waals surface area (Å²) in [5, 5.41) is 9.27. The van der Waals surface area contributed by atoms with Crippen LogP contribution in [-0.2, 0) is 14.3 Å². The van der Waals surface area contributed by atoms with E-state index < -0.39 is 11.6 Å². The monoisotopic (exact) mass is 297 g/mol. The molecule has 1 aliphatic rings. The maximum atomic E-state index is 12.0. The van der Waals surface area contributed by atoms with Crippen LogP contribution >= 0.6 is 11.6 Å². The predicted octanol–water partition coefficient (Wildman–Crippen LogP) is 2.33. The molecule has 1 aromatic rings. The van der Waals surface area contributed by atoms with Crippen molar-refractivity contribution in [2.45, 2.75) is 25.4 Å². The average molecular weight is 298 g/mol. The highest BCUT2D eigenvalue weighted by atomic mass is 35.5. The first-order valence-electron chi connectivity index (χ1n) is 6.32. The fourth-order valence-corrected chi connectivity index (χ4v) is 2.43. The first kappa shape index (κ1) is 14.8. The van der Waals surface area contributed by atoms with Crippen LogP contribution in [-0.4, -0.2) is 35.7 Å². The normalized spacial score (nSPS) is 22.9. The molecule has 5 nitrogen and oxygen atoms in total. The van der Waals surface area contributed by atoms with E-state index in [0.29, 0.717) is 23.7 Å². The molecule has 1 heterocycles. The van der Waals surface area contributed by atoms with E-state index in [-0.39, 0.29) is 18.9 Å². The quantitative estimate of drug-likeness (QED) is 0.926. The third kappa shape index (κ3) is 3.29. The molecule has 0 saturated carbocycles. The number of hydrogen-bond donors (Lipinski definition) is 1. The lowest BCUT2D eigenvalue weighted by atomic mass is 9.97. The Morgan fingerprint density at radius 1 is 1.50 bits per heavy atom. The van der Waals surface area contributed by atoms with E-state index in [1.165, 1.54) is 0 Å². The number of aliphatic carboxylic acids is 1. The first-order valence-corrected chi connectivity index (χ1v) is 6.70. The highest BCUT2D eigenvalue weighted by Crippen LogP contribution is 2.31. The van der Waals surface area contributed by atoms with Crippen molar-refractivity contribution in [1.29, 1.82) is 0 Å². The second kappa shape index (κ2) is 5.81. The van der Waals surface area contributed by atoms with Crippen LogP contribution in [0.15, 0.2) is 24.3 Å². The largest absolute Gasteiger partial charge is 0.481 e. The number of morpholine rings is 1. The zero-order valence-corrected chi connectivity index (χ0v) is 11.9. The molecule has 0 radical (unpaired) electrons. The fourth-order valence-electron chi connectivity index (χ4n) is 2.19. The molecule has 0 bridgehead atoms. The van der Waals surface area contributed by atoms with Crippen LogP contribution in [0.2, 0.25) is 5.02 Å². The second-order valence-corrected chi connectivity index (χ2v) is 5.47. The minimum Gasteiger partial charge on any atom is -0.481 e. The van der Waals surface area contributed by atoms with E-state index in [0.717, 1.165) is 0 Å². The van der Waals surface area contributed by atoms with Gasteiger partial charge in [-0.3, -0.25) is 9.59 Å². The third-order valence-corrected chi connectivity index (χ3v) is 3.67. The number of ether oxygens (including phenoxy) is 1. The molecule has 0 spiro atoms. The van der Waals surface area contributed by atoms with Crippen molar-refractivity contribution in [2.75, 3.05) is 18.1 Å². The molecule has 1 saturated heterocycles. The van der Waals surface area contributed by atoms with Gasteiger partial charge in [0.05, 0.1) is 22.9 Å². The molecular formula is C14H16ClNO4. The number of benzene rings is 1. The van der Waals surface area contributed by atoms with Gasteiger partial charge in [-0.25, -0.2) is 0 Å². The Bertz CT molecular complexity index is 534. The lowest BCUT2D eigenvalue weighted by molar-refractivity contribution is -0.142. The van der Waals surface area contributed by atoms with Crippen LogP contribution in [0.4, 0.5) is 5.69 Å². The zero-order chi connectivity index (χ0) is 14.8. The van der Waals surface area contributed by atoms with Crippen molar-refractivity contribution >= 4 is 29.2 Å². The lowest BCUT2D eigenvalue weighted by Crippen LogP contribution is -2.53. The van der Waals surface area contributed by atoms with Gasteiger partial charge in [0.25, 0.3) is 5.91 Å². The SMILES string of the molecule is CC1(CCC(=O)O)CN(c2ccccc2Cl)C(=O)CO1. The molecular weight excluding hydrogens is 282 g/mol. The summed E-state index contributed by atoms with van der Waals surface area (Å²) in [4.78, 5) is 24.3. The average Bonchev–Trinajstić information content (AvgIpc) is 2.41. The van der Waals surface area contributed by atoms with Gasteiger partial charge in [0.1, 0.15) is 6.61 Å². The maximum absolute atomic E-state index is 12.0. The molecule has 1 atom stereocenters. The number of rotatable bonds is 4. The molecule has 0 aliphatic carbocycles. The van der Waals surface area contributed by atoms with Gasteiger partial charge < -0.3 is 14.7 Å². The number of nitrogens with zero attached hydrogens (tertiary/aromatic N) is 1. The Morgan fingerprint density at radius 3 is 2.85 bits per heavy atom. The van der Waals surface area contributed by atoms with Crippen molar-refractivity contribution in [3.05, 3.63) is 29.3 Å². The Balaban J connectivity index is 2.18. The van der Waals surface area contributed by atoms with Crippen LogP contribution in [0.1, 0.15) is 19.8 Å². The fraction of sp³-hybridized carbons (Fsp3) is 0.429. The molecule has 1 N–H and O–H groups in total. The van der Waals surface area contributed by atoms with E-state index >= 15 is 0 Å². The Morgan fingerprint density at radius 2 is 2.20 bits per heavy atom. The molecule has 0 aromatic heterocycles. The van der Waals surface area contributed by atoms with Crippen molar-refractivity contribution in [1.82, 2.24) is 0 Å². The summed E-state index contributed by atoms with van der Waals surface area (Å²) < 4.78 is 5.52. The number of anilines is 1. The third-order valence-electron chi connectivity index (χ3n) is 3.35. The van der Waals surface area contributed by atoms with Crippen molar-refractivity contribution in [3.63, 3.8) is 0 Å². The second-order valence-electron chi connectivity index (χ2n) is 5.06. The van der Waals surface area contributed by atoms with Gasteiger partial charge in [0, 0.05) is 6.42 Å². The number of para-hydroxylation sites is 1. The van der Waals surface area contributed by atoms with Crippen LogP contribution in [0.3, 0.4) is 0 Å². The van der Waals surface area contributed by atoms with Gasteiger partial charge in [0.15, 0.2) is 0 Å². The van der Waals surface area contributed by atoms with E-state index in [2.05, 4.69) is 0 Å². The van der Waals surface area contributed by atoms with Gasteiger partial charge in [-0.1, -0.05) is 23.7 Å². The van der Waals surface area contributed by atoms with Crippen molar-refractivity contribution < 1.29 is 19.4 Å². The summed E-state index contributed by atoms with van der Waals surface area (Å²) in [5.41, 5.74) is -0.0464. The summed E-state index contributed by atoms with van der Waals surface area (Å²) in [6.45, 7) is 2.04. The van der Waals surface area contributed by atoms with E-state index in [1.807, 2.05) is 6.92 Å². The standard InChI is InChI=1S/C14H16ClNO4/c1-14(7-6-13(18)19)9-16(12(17)8-20-14)11-5-3-2-4-10(11)15/h2-5H,6-9H2,1H3,(H,18,19). The van der Waals surface area contributed by atoms with E-state index in [9.17, 15) is 9.59 Å². The highest BCUT2D eigenvalue weighted by molar-refractivity contribution is 6.33. The van der Waals surface area contributed by atoms with Gasteiger partial charge in [-0.05, 0) is 25.5 Å². The van der Waals surface area contributed by atoms with E-state index in [1.54, 1.807) is 29.2 Å². The Hall–Kier alpha value is -1.59. The number of carbonyl (C=O) groups excluding carboxylic acids is 1. The molecule has 2 rings (SSSR count). The number of carbonyl (C=O) groups is 2. The first-order chi connectivity index (χ1) is 9.41. The minimum absolute atomic E-state index is 0.00104. The molecule has 6 heteroatoms. The van der Waals surface area contributed by atoms with Gasteiger partial charge in [-0.2, -0.15) is 0 Å². The molecule has 1 amide bonds. The van der Waals surface area contributed by atoms with Crippen LogP contribution < -0.4 is 4.90 Å². The number of halogens is 1. The summed E-state index contributed by atoms with van der Waals surface area (Å²) in [6.07, 6.45) is 0.345. The topological polar surface area (TPSA) is 66.8 Å².